The van der Waals surface area contributed by atoms with Crippen LogP contribution < -0.4 is 5.32 Å². The molecule has 2 aromatic carbocycles. The highest BCUT2D eigenvalue weighted by Crippen LogP contribution is 2.37. The normalized spacial score (nSPS) is 17.3. The standard InChI is InChI=1S/C23H24Cl2N4/c24-20-7-6-18(14-21(20)25)29-23-19(8-11-26-23)22(27-29)17-9-12-28(13-10-17)15-16-4-2-1-3-5-16/h1-7,14,17,26H,8-13,15H2. The highest BCUT2D eigenvalue weighted by molar-refractivity contribution is 6.42. The second-order valence-electron chi connectivity index (χ2n) is 7.94. The first-order valence-electron chi connectivity index (χ1n) is 10.3. The van der Waals surface area contributed by atoms with Gasteiger partial charge in [-0.2, -0.15) is 5.10 Å². The van der Waals surface area contributed by atoms with E-state index < -0.39 is 0 Å². The van der Waals surface area contributed by atoms with Crippen molar-refractivity contribution in [3.63, 3.8) is 0 Å². The van der Waals surface area contributed by atoms with Gasteiger partial charge in [0.15, 0.2) is 0 Å². The van der Waals surface area contributed by atoms with Crippen molar-refractivity contribution in [3.05, 3.63) is 75.4 Å². The number of rotatable bonds is 4. The average Bonchev–Trinajstić information content (AvgIpc) is 3.35. The van der Waals surface area contributed by atoms with Crippen LogP contribution in [0.5, 0.6) is 0 Å². The van der Waals surface area contributed by atoms with E-state index in [1.54, 1.807) is 0 Å². The molecule has 6 heteroatoms. The van der Waals surface area contributed by atoms with E-state index in [1.165, 1.54) is 16.8 Å². The first kappa shape index (κ1) is 19.0. The highest BCUT2D eigenvalue weighted by atomic mass is 35.5. The van der Waals surface area contributed by atoms with Crippen LogP contribution in [0.3, 0.4) is 0 Å². The second-order valence-corrected chi connectivity index (χ2v) is 8.75. The maximum Gasteiger partial charge on any atom is 0.133 e. The summed E-state index contributed by atoms with van der Waals surface area (Å²) in [6.45, 7) is 4.22. The van der Waals surface area contributed by atoms with E-state index in [0.717, 1.165) is 56.9 Å². The van der Waals surface area contributed by atoms with Crippen LogP contribution in [-0.4, -0.2) is 34.3 Å². The van der Waals surface area contributed by atoms with Gasteiger partial charge in [-0.25, -0.2) is 4.68 Å². The summed E-state index contributed by atoms with van der Waals surface area (Å²) in [5.74, 6) is 1.63. The Hall–Kier alpha value is -2.01. The molecule has 3 heterocycles. The van der Waals surface area contributed by atoms with Crippen molar-refractivity contribution in [2.45, 2.75) is 31.7 Å². The molecule has 3 aromatic rings. The third-order valence-corrected chi connectivity index (χ3v) is 6.79. The minimum atomic E-state index is 0.514. The van der Waals surface area contributed by atoms with Crippen LogP contribution >= 0.6 is 23.2 Å². The van der Waals surface area contributed by atoms with Crippen molar-refractivity contribution < 1.29 is 0 Å². The minimum Gasteiger partial charge on any atom is -0.369 e. The topological polar surface area (TPSA) is 33.1 Å². The van der Waals surface area contributed by atoms with E-state index in [-0.39, 0.29) is 0 Å². The van der Waals surface area contributed by atoms with Crippen LogP contribution in [0.2, 0.25) is 10.0 Å². The van der Waals surface area contributed by atoms with Crippen molar-refractivity contribution >= 4 is 29.0 Å². The van der Waals surface area contributed by atoms with Gasteiger partial charge in [0.05, 0.1) is 21.4 Å². The van der Waals surface area contributed by atoms with Gasteiger partial charge in [0.25, 0.3) is 0 Å². The SMILES string of the molecule is Clc1ccc(-n2nc(C3CCN(Cc4ccccc4)CC3)c3c2NCC3)cc1Cl. The molecule has 150 valence electrons. The molecular weight excluding hydrogens is 403 g/mol. The number of benzene rings is 2. The van der Waals surface area contributed by atoms with E-state index in [9.17, 15) is 0 Å². The monoisotopic (exact) mass is 426 g/mol. The van der Waals surface area contributed by atoms with E-state index in [0.29, 0.717) is 16.0 Å². The Balaban J connectivity index is 1.35. The summed E-state index contributed by atoms with van der Waals surface area (Å²) in [6, 6.07) is 16.4. The smallest absolute Gasteiger partial charge is 0.133 e. The van der Waals surface area contributed by atoms with Crippen molar-refractivity contribution in [3.8, 4) is 5.69 Å². The van der Waals surface area contributed by atoms with Crippen molar-refractivity contribution in [1.29, 1.82) is 0 Å². The van der Waals surface area contributed by atoms with Gasteiger partial charge in [0.2, 0.25) is 0 Å². The average molecular weight is 427 g/mol. The fraction of sp³-hybridized carbons (Fsp3) is 0.348. The maximum absolute atomic E-state index is 6.25. The summed E-state index contributed by atoms with van der Waals surface area (Å²) >= 11 is 12.4. The molecule has 0 unspecified atom stereocenters. The molecule has 29 heavy (non-hydrogen) atoms. The third kappa shape index (κ3) is 3.77. The lowest BCUT2D eigenvalue weighted by molar-refractivity contribution is 0.203. The van der Waals surface area contributed by atoms with Gasteiger partial charge in [-0.15, -0.1) is 0 Å². The molecule has 0 radical (unpaired) electrons. The van der Waals surface area contributed by atoms with Crippen molar-refractivity contribution in [2.75, 3.05) is 25.0 Å². The number of halogens is 2. The Kier molecular flexibility index (Phi) is 5.25. The number of nitrogens with zero attached hydrogens (tertiary/aromatic N) is 3. The molecule has 0 saturated carbocycles. The molecular formula is C23H24Cl2N4. The van der Waals surface area contributed by atoms with Gasteiger partial charge in [-0.05, 0) is 56.1 Å². The van der Waals surface area contributed by atoms with E-state index in [2.05, 4.69) is 40.5 Å². The van der Waals surface area contributed by atoms with E-state index >= 15 is 0 Å². The second kappa shape index (κ2) is 8.02. The molecule has 5 rings (SSSR count). The number of fused-ring (bicyclic) bond motifs is 1. The fourth-order valence-corrected chi connectivity index (χ4v) is 4.83. The van der Waals surface area contributed by atoms with Crippen LogP contribution in [0.25, 0.3) is 5.69 Å². The van der Waals surface area contributed by atoms with Crippen LogP contribution in [0, 0.1) is 0 Å². The summed E-state index contributed by atoms with van der Waals surface area (Å²) < 4.78 is 2.01. The summed E-state index contributed by atoms with van der Waals surface area (Å²) in [5.41, 5.74) is 4.98. The predicted octanol–water partition coefficient (Wildman–Crippen LogP) is 5.53. The van der Waals surface area contributed by atoms with Gasteiger partial charge in [-0.3, -0.25) is 4.90 Å². The maximum atomic E-state index is 6.25. The number of likely N-dealkylation sites (tertiary alicyclic amines) is 1. The molecule has 1 N–H and O–H groups in total. The van der Waals surface area contributed by atoms with Crippen LogP contribution in [0.4, 0.5) is 5.82 Å². The Morgan fingerprint density at radius 2 is 1.79 bits per heavy atom. The van der Waals surface area contributed by atoms with Crippen molar-refractivity contribution in [2.24, 2.45) is 0 Å². The molecule has 1 aromatic heterocycles. The number of nitrogens with one attached hydrogen (secondary N) is 1. The van der Waals surface area contributed by atoms with Gasteiger partial charge < -0.3 is 5.32 Å². The van der Waals surface area contributed by atoms with Crippen LogP contribution in [0.1, 0.15) is 35.6 Å². The number of anilines is 1. The zero-order valence-electron chi connectivity index (χ0n) is 16.2. The number of hydrogen-bond acceptors (Lipinski definition) is 3. The lowest BCUT2D eigenvalue weighted by atomic mass is 9.90. The number of hydrogen-bond donors (Lipinski definition) is 1. The summed E-state index contributed by atoms with van der Waals surface area (Å²) in [5, 5.41) is 9.68. The molecule has 0 aliphatic carbocycles. The first-order valence-corrected chi connectivity index (χ1v) is 11.0. The van der Waals surface area contributed by atoms with Crippen LogP contribution in [0.15, 0.2) is 48.5 Å². The van der Waals surface area contributed by atoms with Gasteiger partial charge in [-0.1, -0.05) is 53.5 Å². The van der Waals surface area contributed by atoms with Gasteiger partial charge in [0, 0.05) is 24.6 Å². The molecule has 2 aliphatic heterocycles. The quantitative estimate of drug-likeness (QED) is 0.595. The summed E-state index contributed by atoms with van der Waals surface area (Å²) in [4.78, 5) is 2.56. The molecule has 2 aliphatic rings. The van der Waals surface area contributed by atoms with Crippen LogP contribution in [-0.2, 0) is 13.0 Å². The van der Waals surface area contributed by atoms with Gasteiger partial charge in [0.1, 0.15) is 5.82 Å². The molecule has 0 bridgehead atoms. The molecule has 1 saturated heterocycles. The lowest BCUT2D eigenvalue weighted by Crippen LogP contribution is -2.32. The fourth-order valence-electron chi connectivity index (χ4n) is 4.54. The van der Waals surface area contributed by atoms with E-state index in [4.69, 9.17) is 28.3 Å². The Morgan fingerprint density at radius 1 is 1.00 bits per heavy atom. The number of aromatic nitrogens is 2. The molecule has 4 nitrogen and oxygen atoms in total. The Labute approximate surface area is 181 Å². The summed E-state index contributed by atoms with van der Waals surface area (Å²) in [7, 11) is 0. The molecule has 0 amide bonds. The zero-order chi connectivity index (χ0) is 19.8. The Bertz CT molecular complexity index is 1010. The predicted molar refractivity (Wildman–Crippen MR) is 119 cm³/mol. The van der Waals surface area contributed by atoms with Crippen molar-refractivity contribution in [1.82, 2.24) is 14.7 Å². The Morgan fingerprint density at radius 3 is 2.55 bits per heavy atom. The molecule has 0 spiro atoms. The minimum absolute atomic E-state index is 0.514. The third-order valence-electron chi connectivity index (χ3n) is 6.05. The zero-order valence-corrected chi connectivity index (χ0v) is 17.8. The molecule has 0 atom stereocenters. The highest BCUT2D eigenvalue weighted by Gasteiger charge is 2.30. The molecule has 1 fully saturated rings. The van der Waals surface area contributed by atoms with Gasteiger partial charge >= 0.3 is 0 Å². The lowest BCUT2D eigenvalue weighted by Gasteiger charge is -2.31. The number of piperidine rings is 1. The summed E-state index contributed by atoms with van der Waals surface area (Å²) in [6.07, 6.45) is 3.34. The first-order chi connectivity index (χ1) is 14.2. The van der Waals surface area contributed by atoms with E-state index in [1.807, 2.05) is 22.9 Å². The largest absolute Gasteiger partial charge is 0.369 e.